The van der Waals surface area contributed by atoms with Gasteiger partial charge in [-0.3, -0.25) is 9.10 Å². The van der Waals surface area contributed by atoms with Crippen LogP contribution in [0.3, 0.4) is 0 Å². The summed E-state index contributed by atoms with van der Waals surface area (Å²) < 4.78 is 24.8. The summed E-state index contributed by atoms with van der Waals surface area (Å²) in [6, 6.07) is 6.87. The fourth-order valence-corrected chi connectivity index (χ4v) is 3.01. The fraction of sp³-hybridized carbons (Fsp3) is 0.412. The molecule has 2 rings (SSSR count). The van der Waals surface area contributed by atoms with Gasteiger partial charge in [-0.15, -0.1) is 0 Å². The Labute approximate surface area is 137 Å². The number of sulfonamides is 1. The Morgan fingerprint density at radius 1 is 1.26 bits per heavy atom. The molecule has 0 aliphatic heterocycles. The van der Waals surface area contributed by atoms with E-state index in [9.17, 15) is 13.2 Å². The zero-order valence-corrected chi connectivity index (χ0v) is 14.3. The van der Waals surface area contributed by atoms with Crippen LogP contribution in [0.15, 0.2) is 41.4 Å². The highest BCUT2D eigenvalue weighted by Gasteiger charge is 2.17. The van der Waals surface area contributed by atoms with Gasteiger partial charge < -0.3 is 0 Å². The quantitative estimate of drug-likeness (QED) is 0.472. The summed E-state index contributed by atoms with van der Waals surface area (Å²) in [7, 11) is -1.96. The van der Waals surface area contributed by atoms with E-state index in [1.165, 1.54) is 19.9 Å². The summed E-state index contributed by atoms with van der Waals surface area (Å²) in [5.41, 5.74) is 0.894. The van der Waals surface area contributed by atoms with Crippen LogP contribution in [-0.2, 0) is 10.0 Å². The number of aliphatic imine (C=N–C) groups is 1. The molecule has 0 N–H and O–H groups in total. The third kappa shape index (κ3) is 4.76. The highest BCUT2D eigenvalue weighted by Crippen LogP contribution is 2.26. The van der Waals surface area contributed by atoms with Gasteiger partial charge in [0, 0.05) is 12.6 Å². The molecule has 0 unspecified atom stereocenters. The summed E-state index contributed by atoms with van der Waals surface area (Å²) in [5, 5.41) is 0. The van der Waals surface area contributed by atoms with Crippen molar-refractivity contribution in [3.63, 3.8) is 0 Å². The van der Waals surface area contributed by atoms with Crippen molar-refractivity contribution in [2.75, 3.05) is 13.3 Å². The SMILES string of the molecule is CN(C(/C=C/C1CCCC1)=Nc1ccccc1C=O)S(C)(=O)=O. The van der Waals surface area contributed by atoms with E-state index in [-0.39, 0.29) is 0 Å². The lowest BCUT2D eigenvalue weighted by Gasteiger charge is -2.17. The van der Waals surface area contributed by atoms with E-state index in [0.29, 0.717) is 23.0 Å². The number of likely N-dealkylation sites (N-methyl/N-ethyl adjacent to an activating group) is 1. The predicted octanol–water partition coefficient (Wildman–Crippen LogP) is 3.17. The van der Waals surface area contributed by atoms with Gasteiger partial charge in [0.05, 0.1) is 11.9 Å². The second-order valence-corrected chi connectivity index (χ2v) is 7.79. The van der Waals surface area contributed by atoms with E-state index in [2.05, 4.69) is 4.99 Å². The average molecular weight is 334 g/mol. The maximum atomic E-state index is 11.9. The number of aldehydes is 1. The Bertz CT molecular complexity index is 717. The predicted molar refractivity (Wildman–Crippen MR) is 92.6 cm³/mol. The van der Waals surface area contributed by atoms with E-state index >= 15 is 0 Å². The zero-order chi connectivity index (χ0) is 16.9. The van der Waals surface area contributed by atoms with E-state index < -0.39 is 10.0 Å². The van der Waals surface area contributed by atoms with Crippen molar-refractivity contribution in [1.82, 2.24) is 4.31 Å². The largest absolute Gasteiger partial charge is 0.298 e. The second-order valence-electron chi connectivity index (χ2n) is 5.78. The number of amidine groups is 1. The van der Waals surface area contributed by atoms with Gasteiger partial charge in [0.1, 0.15) is 5.84 Å². The van der Waals surface area contributed by atoms with Crippen molar-refractivity contribution in [2.24, 2.45) is 10.9 Å². The van der Waals surface area contributed by atoms with Crippen molar-refractivity contribution in [1.29, 1.82) is 0 Å². The Hall–Kier alpha value is -1.95. The zero-order valence-electron chi connectivity index (χ0n) is 13.5. The van der Waals surface area contributed by atoms with Gasteiger partial charge in [-0.2, -0.15) is 0 Å². The lowest BCUT2D eigenvalue weighted by Crippen LogP contribution is -2.31. The number of allylic oxidation sites excluding steroid dienone is 1. The number of hydrogen-bond acceptors (Lipinski definition) is 4. The van der Waals surface area contributed by atoms with Crippen molar-refractivity contribution in [3.8, 4) is 0 Å². The van der Waals surface area contributed by atoms with Crippen LogP contribution in [0.2, 0.25) is 0 Å². The lowest BCUT2D eigenvalue weighted by molar-refractivity contribution is 0.112. The van der Waals surface area contributed by atoms with Crippen molar-refractivity contribution >= 4 is 27.8 Å². The number of para-hydroxylation sites is 1. The van der Waals surface area contributed by atoms with Gasteiger partial charge in [0.2, 0.25) is 10.0 Å². The van der Waals surface area contributed by atoms with Crippen LogP contribution in [0, 0.1) is 5.92 Å². The topological polar surface area (TPSA) is 66.8 Å². The molecule has 0 heterocycles. The van der Waals surface area contributed by atoms with Gasteiger partial charge in [-0.25, -0.2) is 13.4 Å². The number of hydrogen-bond donors (Lipinski definition) is 0. The summed E-state index contributed by atoms with van der Waals surface area (Å²) in [4.78, 5) is 15.5. The molecule has 5 nitrogen and oxygen atoms in total. The summed E-state index contributed by atoms with van der Waals surface area (Å²) in [6.07, 6.45) is 10.3. The van der Waals surface area contributed by atoms with Crippen LogP contribution in [-0.4, -0.2) is 38.1 Å². The van der Waals surface area contributed by atoms with Gasteiger partial charge in [0.15, 0.2) is 6.29 Å². The minimum absolute atomic E-state index is 0.314. The molecule has 1 aromatic rings. The minimum Gasteiger partial charge on any atom is -0.298 e. The molecule has 124 valence electrons. The Morgan fingerprint density at radius 3 is 2.52 bits per heavy atom. The smallest absolute Gasteiger partial charge is 0.233 e. The van der Waals surface area contributed by atoms with Crippen LogP contribution < -0.4 is 0 Å². The number of nitrogens with zero attached hydrogens (tertiary/aromatic N) is 2. The first-order valence-electron chi connectivity index (χ1n) is 7.67. The highest BCUT2D eigenvalue weighted by atomic mass is 32.2. The van der Waals surface area contributed by atoms with Crippen LogP contribution in [0.5, 0.6) is 0 Å². The lowest BCUT2D eigenvalue weighted by atomic mass is 10.1. The first kappa shape index (κ1) is 17.4. The molecule has 1 aromatic carbocycles. The molecular weight excluding hydrogens is 312 g/mol. The third-order valence-corrected chi connectivity index (χ3v) is 5.22. The van der Waals surface area contributed by atoms with E-state index in [4.69, 9.17) is 0 Å². The molecule has 1 aliphatic carbocycles. The molecular formula is C17H22N2O3S. The Morgan fingerprint density at radius 2 is 1.91 bits per heavy atom. The third-order valence-electron chi connectivity index (χ3n) is 4.04. The van der Waals surface area contributed by atoms with Gasteiger partial charge in [-0.05, 0) is 37.0 Å². The molecule has 1 aliphatic rings. The molecule has 23 heavy (non-hydrogen) atoms. The summed E-state index contributed by atoms with van der Waals surface area (Å²) in [6.45, 7) is 0. The maximum Gasteiger partial charge on any atom is 0.233 e. The number of carbonyl (C=O) groups is 1. The highest BCUT2D eigenvalue weighted by molar-refractivity contribution is 7.88. The van der Waals surface area contributed by atoms with Crippen LogP contribution in [0.25, 0.3) is 0 Å². The molecule has 1 fully saturated rings. The minimum atomic E-state index is -3.42. The second kappa shape index (κ2) is 7.55. The first-order valence-corrected chi connectivity index (χ1v) is 9.51. The van der Waals surface area contributed by atoms with Gasteiger partial charge >= 0.3 is 0 Å². The first-order chi connectivity index (χ1) is 10.9. The molecule has 0 spiro atoms. The maximum absolute atomic E-state index is 11.9. The molecule has 0 radical (unpaired) electrons. The fourth-order valence-electron chi connectivity index (χ4n) is 2.57. The van der Waals surface area contributed by atoms with E-state index in [0.717, 1.165) is 29.7 Å². The van der Waals surface area contributed by atoms with Gasteiger partial charge in [-0.1, -0.05) is 31.1 Å². The van der Waals surface area contributed by atoms with E-state index in [1.54, 1.807) is 30.3 Å². The summed E-state index contributed by atoms with van der Waals surface area (Å²) in [5.74, 6) is 0.781. The molecule has 0 amide bonds. The molecule has 6 heteroatoms. The van der Waals surface area contributed by atoms with Crippen LogP contribution in [0.4, 0.5) is 5.69 Å². The normalized spacial score (nSPS) is 16.9. The van der Waals surface area contributed by atoms with Crippen LogP contribution >= 0.6 is 0 Å². The van der Waals surface area contributed by atoms with Crippen molar-refractivity contribution < 1.29 is 13.2 Å². The van der Waals surface area contributed by atoms with Gasteiger partial charge in [0.25, 0.3) is 0 Å². The number of rotatable bonds is 5. The van der Waals surface area contributed by atoms with E-state index in [1.807, 2.05) is 6.08 Å². The monoisotopic (exact) mass is 334 g/mol. The molecule has 0 atom stereocenters. The molecule has 1 saturated carbocycles. The molecule has 0 saturated heterocycles. The van der Waals surface area contributed by atoms with Crippen molar-refractivity contribution in [2.45, 2.75) is 25.7 Å². The summed E-state index contributed by atoms with van der Waals surface area (Å²) >= 11 is 0. The molecule has 0 bridgehead atoms. The molecule has 0 aromatic heterocycles. The Kier molecular flexibility index (Phi) is 5.71. The number of benzene rings is 1. The number of carbonyl (C=O) groups excluding carboxylic acids is 1. The van der Waals surface area contributed by atoms with Crippen molar-refractivity contribution in [3.05, 3.63) is 42.0 Å². The average Bonchev–Trinajstić information content (AvgIpc) is 3.03. The van der Waals surface area contributed by atoms with Crippen LogP contribution in [0.1, 0.15) is 36.0 Å². The standard InChI is InChI=1S/C17H22N2O3S/c1-19(23(2,21)22)17(12-11-14-7-3-4-8-14)18-16-10-6-5-9-15(16)13-20/h5-6,9-14H,3-4,7-8H2,1-2H3/b12-11+,18-17?. The Balaban J connectivity index is 2.39.